The monoisotopic (exact) mass is 465 g/mol. The molecule has 2 N–H and O–H groups in total. The van der Waals surface area contributed by atoms with Crippen LogP contribution in [-0.4, -0.2) is 19.3 Å². The lowest BCUT2D eigenvalue weighted by atomic mass is 10.1. The van der Waals surface area contributed by atoms with E-state index in [2.05, 4.69) is 15.0 Å². The maximum Gasteiger partial charge on any atom is 0.416 e. The van der Waals surface area contributed by atoms with E-state index in [1.165, 1.54) is 41.7 Å². The Morgan fingerprint density at radius 1 is 1.13 bits per heavy atom. The molecule has 160 valence electrons. The van der Waals surface area contributed by atoms with E-state index < -0.39 is 21.8 Å². The third-order valence-corrected chi connectivity index (χ3v) is 6.67. The van der Waals surface area contributed by atoms with Gasteiger partial charge in [0.05, 0.1) is 16.0 Å². The molecule has 6 nitrogen and oxygen atoms in total. The van der Waals surface area contributed by atoms with Crippen LogP contribution in [0.3, 0.4) is 0 Å². The first-order chi connectivity index (χ1) is 14.6. The van der Waals surface area contributed by atoms with E-state index in [4.69, 9.17) is 0 Å². The first-order valence-corrected chi connectivity index (χ1v) is 11.2. The Kier molecular flexibility index (Phi) is 5.42. The van der Waals surface area contributed by atoms with Gasteiger partial charge in [-0.1, -0.05) is 12.1 Å². The molecule has 0 saturated heterocycles. The SMILES string of the molecule is O=C1Nc2ccc(S(=O)(=O)NCc3ccc(C(F)(F)F)cc3)cc2/C1=C\c1nccs1. The summed E-state index contributed by atoms with van der Waals surface area (Å²) in [4.78, 5) is 16.3. The van der Waals surface area contributed by atoms with Crippen LogP contribution in [0.15, 0.2) is 58.9 Å². The molecule has 2 aromatic carbocycles. The lowest BCUT2D eigenvalue weighted by Gasteiger charge is -2.10. The number of nitrogens with zero attached hydrogens (tertiary/aromatic N) is 1. The van der Waals surface area contributed by atoms with Gasteiger partial charge in [-0.2, -0.15) is 13.2 Å². The highest BCUT2D eigenvalue weighted by atomic mass is 32.2. The summed E-state index contributed by atoms with van der Waals surface area (Å²) in [5.41, 5.74) is 0.769. The molecule has 1 aromatic heterocycles. The van der Waals surface area contributed by atoms with Gasteiger partial charge in [0.25, 0.3) is 5.91 Å². The fraction of sp³-hybridized carbons (Fsp3) is 0.100. The maximum absolute atomic E-state index is 12.7. The van der Waals surface area contributed by atoms with Gasteiger partial charge in [0.2, 0.25) is 10.0 Å². The summed E-state index contributed by atoms with van der Waals surface area (Å²) < 4.78 is 65.8. The Morgan fingerprint density at radius 3 is 2.52 bits per heavy atom. The Balaban J connectivity index is 1.56. The Bertz CT molecular complexity index is 1270. The molecule has 2 heterocycles. The van der Waals surface area contributed by atoms with Gasteiger partial charge in [-0.3, -0.25) is 4.79 Å². The number of anilines is 1. The van der Waals surface area contributed by atoms with Crippen molar-refractivity contribution >= 4 is 44.6 Å². The van der Waals surface area contributed by atoms with Crippen molar-refractivity contribution in [2.24, 2.45) is 0 Å². The van der Waals surface area contributed by atoms with Crippen LogP contribution in [0, 0.1) is 0 Å². The number of thiazole rings is 1. The van der Waals surface area contributed by atoms with Crippen LogP contribution in [0.2, 0.25) is 0 Å². The minimum Gasteiger partial charge on any atom is -0.321 e. The Labute approximate surface area is 179 Å². The summed E-state index contributed by atoms with van der Waals surface area (Å²) >= 11 is 1.34. The topological polar surface area (TPSA) is 88.2 Å². The van der Waals surface area contributed by atoms with Crippen molar-refractivity contribution in [2.45, 2.75) is 17.6 Å². The first-order valence-electron chi connectivity index (χ1n) is 8.86. The summed E-state index contributed by atoms with van der Waals surface area (Å²) in [6.07, 6.45) is -1.29. The number of fused-ring (bicyclic) bond motifs is 1. The van der Waals surface area contributed by atoms with Gasteiger partial charge in [0.1, 0.15) is 5.01 Å². The van der Waals surface area contributed by atoms with Crippen molar-refractivity contribution in [2.75, 3.05) is 5.32 Å². The number of hydrogen-bond donors (Lipinski definition) is 2. The number of hydrogen-bond acceptors (Lipinski definition) is 5. The summed E-state index contributed by atoms with van der Waals surface area (Å²) in [6.45, 7) is -0.184. The van der Waals surface area contributed by atoms with Gasteiger partial charge in [-0.15, -0.1) is 11.3 Å². The molecule has 0 spiro atoms. The van der Waals surface area contributed by atoms with E-state index in [1.807, 2.05) is 0 Å². The second-order valence-electron chi connectivity index (χ2n) is 6.61. The molecule has 31 heavy (non-hydrogen) atoms. The summed E-state index contributed by atoms with van der Waals surface area (Å²) in [7, 11) is -3.97. The van der Waals surface area contributed by atoms with Crippen molar-refractivity contribution in [1.82, 2.24) is 9.71 Å². The second kappa shape index (κ2) is 7.91. The van der Waals surface area contributed by atoms with Gasteiger partial charge in [0.15, 0.2) is 0 Å². The van der Waals surface area contributed by atoms with Crippen LogP contribution in [0.1, 0.15) is 21.7 Å². The van der Waals surface area contributed by atoms with Crippen molar-refractivity contribution in [3.63, 3.8) is 0 Å². The molecular weight excluding hydrogens is 451 g/mol. The summed E-state index contributed by atoms with van der Waals surface area (Å²) in [6, 6.07) is 8.43. The van der Waals surface area contributed by atoms with Crippen LogP contribution < -0.4 is 10.0 Å². The van der Waals surface area contributed by atoms with Gasteiger partial charge < -0.3 is 5.32 Å². The second-order valence-corrected chi connectivity index (χ2v) is 9.30. The highest BCUT2D eigenvalue weighted by Crippen LogP contribution is 2.35. The van der Waals surface area contributed by atoms with Crippen molar-refractivity contribution < 1.29 is 26.4 Å². The van der Waals surface area contributed by atoms with Gasteiger partial charge in [-0.05, 0) is 42.0 Å². The van der Waals surface area contributed by atoms with E-state index in [-0.39, 0.29) is 17.3 Å². The first kappa shape index (κ1) is 21.2. The van der Waals surface area contributed by atoms with Crippen LogP contribution in [-0.2, 0) is 27.5 Å². The van der Waals surface area contributed by atoms with Crippen LogP contribution >= 0.6 is 11.3 Å². The third kappa shape index (κ3) is 4.53. The van der Waals surface area contributed by atoms with E-state index in [0.29, 0.717) is 27.4 Å². The smallest absolute Gasteiger partial charge is 0.321 e. The molecule has 0 saturated carbocycles. The average Bonchev–Trinajstić information content (AvgIpc) is 3.34. The predicted octanol–water partition coefficient (Wildman–Crippen LogP) is 4.13. The number of alkyl halides is 3. The third-order valence-electron chi connectivity index (χ3n) is 4.55. The molecule has 4 rings (SSSR count). The molecule has 3 aromatic rings. The number of benzene rings is 2. The standard InChI is InChI=1S/C20H14F3N3O3S2/c21-20(22,23)13-3-1-12(2-4-13)11-25-31(28,29)14-5-6-17-15(9-14)16(19(27)26-17)10-18-24-7-8-30-18/h1-10,25H,11H2,(H,26,27)/b16-10+. The quantitative estimate of drug-likeness (QED) is 0.555. The van der Waals surface area contributed by atoms with Gasteiger partial charge in [0, 0.05) is 29.4 Å². The molecule has 11 heteroatoms. The molecule has 0 aliphatic carbocycles. The van der Waals surface area contributed by atoms with Gasteiger partial charge in [-0.25, -0.2) is 18.1 Å². The minimum atomic E-state index is -4.46. The van der Waals surface area contributed by atoms with E-state index in [9.17, 15) is 26.4 Å². The number of amides is 1. The fourth-order valence-electron chi connectivity index (χ4n) is 2.98. The molecule has 0 bridgehead atoms. The molecule has 1 amide bonds. The number of sulfonamides is 1. The number of aromatic nitrogens is 1. The van der Waals surface area contributed by atoms with Crippen LogP contribution in [0.5, 0.6) is 0 Å². The zero-order valence-corrected chi connectivity index (χ0v) is 17.2. The normalized spacial score (nSPS) is 15.2. The number of nitrogens with one attached hydrogen (secondary N) is 2. The van der Waals surface area contributed by atoms with Crippen LogP contribution in [0.25, 0.3) is 11.6 Å². The Hall–Kier alpha value is -3.02. The van der Waals surface area contributed by atoms with E-state index >= 15 is 0 Å². The predicted molar refractivity (Wildman–Crippen MR) is 111 cm³/mol. The van der Waals surface area contributed by atoms with E-state index in [1.54, 1.807) is 17.7 Å². The maximum atomic E-state index is 12.7. The van der Waals surface area contributed by atoms with E-state index in [0.717, 1.165) is 12.1 Å². The lowest BCUT2D eigenvalue weighted by molar-refractivity contribution is -0.137. The summed E-state index contributed by atoms with van der Waals surface area (Å²) in [5.74, 6) is -0.363. The van der Waals surface area contributed by atoms with Gasteiger partial charge >= 0.3 is 6.18 Å². The lowest BCUT2D eigenvalue weighted by Crippen LogP contribution is -2.23. The summed E-state index contributed by atoms with van der Waals surface area (Å²) in [5, 5.41) is 5.04. The highest BCUT2D eigenvalue weighted by molar-refractivity contribution is 7.89. The molecule has 0 unspecified atom stereocenters. The zero-order valence-electron chi connectivity index (χ0n) is 15.6. The number of carbonyl (C=O) groups is 1. The largest absolute Gasteiger partial charge is 0.416 e. The molecule has 0 fully saturated rings. The highest BCUT2D eigenvalue weighted by Gasteiger charge is 2.30. The molecule has 0 radical (unpaired) electrons. The number of rotatable bonds is 5. The number of carbonyl (C=O) groups excluding carboxylic acids is 1. The minimum absolute atomic E-state index is 0.0697. The molecule has 0 atom stereocenters. The average molecular weight is 465 g/mol. The molecule has 1 aliphatic rings. The zero-order chi connectivity index (χ0) is 22.2. The van der Waals surface area contributed by atoms with Crippen molar-refractivity contribution in [1.29, 1.82) is 0 Å². The van der Waals surface area contributed by atoms with Crippen LogP contribution in [0.4, 0.5) is 18.9 Å². The molecule has 1 aliphatic heterocycles. The van der Waals surface area contributed by atoms with Crippen molar-refractivity contribution in [3.8, 4) is 0 Å². The van der Waals surface area contributed by atoms with Crippen molar-refractivity contribution in [3.05, 3.63) is 75.7 Å². The number of halogens is 3. The molecular formula is C20H14F3N3O3S2. The fourth-order valence-corrected chi connectivity index (χ4v) is 4.59. The Morgan fingerprint density at radius 2 is 1.87 bits per heavy atom.